The fraction of sp³-hybridized carbons (Fsp3) is 0.462. The van der Waals surface area contributed by atoms with Gasteiger partial charge in [0.05, 0.1) is 4.20 Å². The molecule has 0 amide bonds. The van der Waals surface area contributed by atoms with E-state index in [1.807, 2.05) is 0 Å². The molecule has 1 radical (unpaired) electrons. The third-order valence-electron chi connectivity index (χ3n) is 3.51. The number of nitrogens with zero attached hydrogens (tertiary/aromatic N) is 1. The van der Waals surface area contributed by atoms with Gasteiger partial charge in [-0.3, -0.25) is 0 Å². The van der Waals surface area contributed by atoms with E-state index in [1.165, 1.54) is 0 Å². The standard InChI is InChI=1S/C13H14F3NPS2/c1-18(9-5-3-2-4-6-9)13(11(19)20)12(15,16)10(14)7-8-17-13/h2-6,10H,7-8H2,1H3,(H,19,20). The molecule has 0 N–H and O–H groups in total. The highest BCUT2D eigenvalue weighted by Crippen LogP contribution is 2.58. The van der Waals surface area contributed by atoms with Gasteiger partial charge in [-0.2, -0.15) is 0 Å². The number of alkyl halides is 3. The number of piperidine rings is 1. The summed E-state index contributed by atoms with van der Waals surface area (Å²) < 4.78 is 42.6. The van der Waals surface area contributed by atoms with Gasteiger partial charge in [0.25, 0.3) is 0 Å². The van der Waals surface area contributed by atoms with E-state index in [4.69, 9.17) is 12.2 Å². The molecule has 1 saturated heterocycles. The van der Waals surface area contributed by atoms with Gasteiger partial charge in [-0.1, -0.05) is 42.5 Å². The average molecular weight is 336 g/mol. The molecule has 2 rings (SSSR count). The fourth-order valence-electron chi connectivity index (χ4n) is 2.37. The molecule has 109 valence electrons. The van der Waals surface area contributed by atoms with Crippen LogP contribution in [0, 0.1) is 0 Å². The molecule has 0 spiro atoms. The fourth-order valence-corrected chi connectivity index (χ4v) is 5.83. The highest BCUT2D eigenvalue weighted by molar-refractivity contribution is 8.12. The van der Waals surface area contributed by atoms with Crippen molar-refractivity contribution in [3.05, 3.63) is 30.3 Å². The van der Waals surface area contributed by atoms with Crippen LogP contribution < -0.4 is 10.6 Å². The predicted octanol–water partition coefficient (Wildman–Crippen LogP) is 3.36. The Labute approximate surface area is 128 Å². The minimum Gasteiger partial charge on any atom is -0.241 e. The lowest BCUT2D eigenvalue weighted by Gasteiger charge is -2.47. The highest BCUT2D eigenvalue weighted by Gasteiger charge is 2.66. The second-order valence-electron chi connectivity index (χ2n) is 4.63. The zero-order valence-corrected chi connectivity index (χ0v) is 13.4. The van der Waals surface area contributed by atoms with Gasteiger partial charge in [-0.05, 0) is 26.3 Å². The van der Waals surface area contributed by atoms with Crippen LogP contribution in [-0.2, 0) is 0 Å². The maximum absolute atomic E-state index is 14.5. The molecule has 1 heterocycles. The SMILES string of the molecule is CP(c1ccccc1)C1(C(=S)S)[N]CCC(F)C1(F)F. The Morgan fingerprint density at radius 3 is 2.55 bits per heavy atom. The Kier molecular flexibility index (Phi) is 4.80. The van der Waals surface area contributed by atoms with Gasteiger partial charge in [-0.25, -0.2) is 18.5 Å². The molecule has 1 aliphatic rings. The Balaban J connectivity index is 2.52. The molecule has 7 heteroatoms. The van der Waals surface area contributed by atoms with Crippen molar-refractivity contribution in [1.82, 2.24) is 5.32 Å². The Morgan fingerprint density at radius 2 is 2.00 bits per heavy atom. The van der Waals surface area contributed by atoms with Crippen LogP contribution in [0.4, 0.5) is 13.2 Å². The van der Waals surface area contributed by atoms with Crippen molar-refractivity contribution in [2.75, 3.05) is 13.2 Å². The summed E-state index contributed by atoms with van der Waals surface area (Å²) in [6.07, 6.45) is -2.51. The summed E-state index contributed by atoms with van der Waals surface area (Å²) in [5.74, 6) is -3.62. The molecule has 0 aromatic heterocycles. The van der Waals surface area contributed by atoms with E-state index in [9.17, 15) is 13.2 Å². The summed E-state index contributed by atoms with van der Waals surface area (Å²) in [6.45, 7) is 1.69. The first-order chi connectivity index (χ1) is 9.34. The van der Waals surface area contributed by atoms with E-state index in [1.54, 1.807) is 37.0 Å². The molecular formula is C13H14F3NPS2. The molecule has 1 aliphatic heterocycles. The molecule has 3 unspecified atom stereocenters. The minimum absolute atomic E-state index is 0.0387. The van der Waals surface area contributed by atoms with Gasteiger partial charge >= 0.3 is 5.92 Å². The van der Waals surface area contributed by atoms with Crippen molar-refractivity contribution >= 4 is 42.3 Å². The summed E-state index contributed by atoms with van der Waals surface area (Å²) >= 11 is 8.92. The zero-order valence-electron chi connectivity index (χ0n) is 10.8. The van der Waals surface area contributed by atoms with Crippen molar-refractivity contribution in [3.8, 4) is 0 Å². The molecule has 1 nitrogen and oxygen atoms in total. The van der Waals surface area contributed by atoms with Crippen molar-refractivity contribution in [1.29, 1.82) is 0 Å². The first-order valence-electron chi connectivity index (χ1n) is 6.07. The zero-order chi connectivity index (χ0) is 15.0. The number of thiol groups is 1. The van der Waals surface area contributed by atoms with Gasteiger partial charge in [0.2, 0.25) is 0 Å². The summed E-state index contributed by atoms with van der Waals surface area (Å²) in [5.41, 5.74) is 0. The topological polar surface area (TPSA) is 14.1 Å². The summed E-state index contributed by atoms with van der Waals surface area (Å²) in [7, 11) is -1.51. The Bertz CT molecular complexity index is 500. The lowest BCUT2D eigenvalue weighted by molar-refractivity contribution is -0.112. The first-order valence-corrected chi connectivity index (χ1v) is 8.71. The van der Waals surface area contributed by atoms with Gasteiger partial charge in [-0.15, -0.1) is 12.6 Å². The van der Waals surface area contributed by atoms with Crippen LogP contribution in [0.15, 0.2) is 30.3 Å². The van der Waals surface area contributed by atoms with Gasteiger partial charge in [0.1, 0.15) is 0 Å². The minimum atomic E-state index is -3.62. The monoisotopic (exact) mass is 336 g/mol. The molecule has 1 aromatic carbocycles. The lowest BCUT2D eigenvalue weighted by Crippen LogP contribution is -2.65. The van der Waals surface area contributed by atoms with E-state index in [2.05, 4.69) is 17.9 Å². The van der Waals surface area contributed by atoms with Crippen LogP contribution in [0.25, 0.3) is 0 Å². The van der Waals surface area contributed by atoms with Crippen LogP contribution >= 0.6 is 32.8 Å². The first kappa shape index (κ1) is 16.2. The lowest BCUT2D eigenvalue weighted by atomic mass is 9.98. The van der Waals surface area contributed by atoms with Crippen LogP contribution in [0.3, 0.4) is 0 Å². The van der Waals surface area contributed by atoms with E-state index in [0.717, 1.165) is 0 Å². The molecule has 0 aliphatic carbocycles. The van der Waals surface area contributed by atoms with Crippen LogP contribution in [0.5, 0.6) is 0 Å². The summed E-state index contributed by atoms with van der Waals surface area (Å²) in [4.78, 5) is 0. The molecule has 0 bridgehead atoms. The van der Waals surface area contributed by atoms with E-state index in [-0.39, 0.29) is 17.2 Å². The van der Waals surface area contributed by atoms with Crippen LogP contribution in [0.2, 0.25) is 0 Å². The highest BCUT2D eigenvalue weighted by atomic mass is 32.1. The number of benzene rings is 1. The van der Waals surface area contributed by atoms with Gasteiger partial charge in [0, 0.05) is 6.54 Å². The quantitative estimate of drug-likeness (QED) is 0.508. The Morgan fingerprint density at radius 1 is 1.40 bits per heavy atom. The smallest absolute Gasteiger partial charge is 0.241 e. The maximum Gasteiger partial charge on any atom is 0.307 e. The van der Waals surface area contributed by atoms with Crippen molar-refractivity contribution in [2.24, 2.45) is 0 Å². The summed E-state index contributed by atoms with van der Waals surface area (Å²) in [5, 5.41) is 2.75. The number of thiocarbonyl (C=S) groups is 1. The Hall–Kier alpha value is -0.160. The third kappa shape index (κ3) is 2.41. The number of hydrogen-bond donors (Lipinski definition) is 1. The third-order valence-corrected chi connectivity index (χ3v) is 7.16. The van der Waals surface area contributed by atoms with Crippen molar-refractivity contribution in [3.63, 3.8) is 0 Å². The number of rotatable bonds is 3. The molecule has 0 saturated carbocycles. The van der Waals surface area contributed by atoms with Crippen LogP contribution in [0.1, 0.15) is 6.42 Å². The summed E-state index contributed by atoms with van der Waals surface area (Å²) in [6, 6.07) is 8.81. The van der Waals surface area contributed by atoms with Crippen molar-refractivity contribution < 1.29 is 13.2 Å². The molecule has 3 atom stereocenters. The van der Waals surface area contributed by atoms with Gasteiger partial charge < -0.3 is 0 Å². The van der Waals surface area contributed by atoms with E-state index < -0.39 is 25.3 Å². The second-order valence-corrected chi connectivity index (χ2v) is 8.07. The number of halogens is 3. The maximum atomic E-state index is 14.5. The molecular weight excluding hydrogens is 322 g/mol. The molecule has 20 heavy (non-hydrogen) atoms. The predicted molar refractivity (Wildman–Crippen MR) is 84.7 cm³/mol. The van der Waals surface area contributed by atoms with Crippen LogP contribution in [-0.4, -0.2) is 34.8 Å². The van der Waals surface area contributed by atoms with Gasteiger partial charge in [0.15, 0.2) is 11.5 Å². The van der Waals surface area contributed by atoms with E-state index in [0.29, 0.717) is 5.30 Å². The second kappa shape index (κ2) is 5.91. The largest absolute Gasteiger partial charge is 0.307 e. The number of hydrogen-bond acceptors (Lipinski definition) is 1. The average Bonchev–Trinajstić information content (AvgIpc) is 2.42. The van der Waals surface area contributed by atoms with E-state index >= 15 is 0 Å². The molecule has 1 aromatic rings. The normalized spacial score (nSPS) is 30.8. The van der Waals surface area contributed by atoms with Crippen molar-refractivity contribution in [2.45, 2.75) is 23.8 Å². The molecule has 1 fully saturated rings.